The van der Waals surface area contributed by atoms with Gasteiger partial charge in [0.25, 0.3) is 0 Å². The highest BCUT2D eigenvalue weighted by Crippen LogP contribution is 2.18. The van der Waals surface area contributed by atoms with E-state index in [4.69, 9.17) is 49.8 Å². The first-order chi connectivity index (χ1) is 22.5. The maximum atomic E-state index is 10.4. The Kier molecular flexibility index (Phi) is 25.5. The average molecular weight is 728 g/mol. The highest BCUT2D eigenvalue weighted by Gasteiger charge is 2.41. The molecule has 0 spiro atoms. The normalized spacial score (nSPS) is 14.0. The number of benzene rings is 1. The Balaban J connectivity index is 0.000000682. The van der Waals surface area contributed by atoms with Crippen LogP contribution in [0, 0.1) is 0 Å². The summed E-state index contributed by atoms with van der Waals surface area (Å²) in [7, 11) is 2.48. The van der Waals surface area contributed by atoms with Crippen molar-refractivity contribution in [1.29, 1.82) is 0 Å². The van der Waals surface area contributed by atoms with Crippen LogP contribution in [0.1, 0.15) is 52.9 Å². The Morgan fingerprint density at radius 2 is 1.21 bits per heavy atom. The number of hydroxylamine groups is 2. The van der Waals surface area contributed by atoms with Gasteiger partial charge in [-0.3, -0.25) is 4.84 Å². The lowest BCUT2D eigenvalue weighted by Crippen LogP contribution is -2.56. The van der Waals surface area contributed by atoms with Gasteiger partial charge in [-0.1, -0.05) is 37.5 Å². The van der Waals surface area contributed by atoms with Gasteiger partial charge in [0.15, 0.2) is 0 Å². The zero-order valence-electron chi connectivity index (χ0n) is 30.1. The van der Waals surface area contributed by atoms with Gasteiger partial charge in [0.1, 0.15) is 6.23 Å². The molecule has 2 rings (SSSR count). The van der Waals surface area contributed by atoms with E-state index in [1.807, 2.05) is 51.1 Å². The van der Waals surface area contributed by atoms with Crippen molar-refractivity contribution in [2.75, 3.05) is 93.4 Å². The second kappa shape index (κ2) is 26.4. The molecule has 1 saturated carbocycles. The predicted octanol–water partition coefficient (Wildman–Crippen LogP) is 3.96. The number of nitrogens with zero attached hydrogens (tertiary/aromatic N) is 1. The van der Waals surface area contributed by atoms with Gasteiger partial charge < -0.3 is 55.6 Å². The summed E-state index contributed by atoms with van der Waals surface area (Å²) in [5.41, 5.74) is 1.03. The highest BCUT2D eigenvalue weighted by molar-refractivity contribution is 6.61. The van der Waals surface area contributed by atoms with Gasteiger partial charge in [-0.2, -0.15) is 5.06 Å². The second-order valence-electron chi connectivity index (χ2n) is 10.1. The molecule has 1 aliphatic carbocycles. The zero-order valence-corrected chi connectivity index (χ0v) is 33.1. The molecule has 47 heavy (non-hydrogen) atoms. The van der Waals surface area contributed by atoms with Gasteiger partial charge in [-0.15, -0.1) is 0 Å². The molecule has 1 aliphatic rings. The molecule has 276 valence electrons. The van der Waals surface area contributed by atoms with Crippen LogP contribution in [0.25, 0.3) is 0 Å². The molecule has 0 atom stereocenters. The van der Waals surface area contributed by atoms with E-state index < -0.39 is 32.5 Å². The molecular weight excluding hydrogens is 667 g/mol. The Bertz CT molecular complexity index is 866. The lowest BCUT2D eigenvalue weighted by atomic mass is 9.96. The molecular formula is C29H61N3O12Si3. The van der Waals surface area contributed by atoms with E-state index in [-0.39, 0.29) is 6.23 Å². The van der Waals surface area contributed by atoms with Crippen molar-refractivity contribution in [2.24, 2.45) is 0 Å². The third-order valence-electron chi connectivity index (χ3n) is 7.16. The number of carbonyl (C=O) groups is 1. The Morgan fingerprint density at radius 3 is 1.62 bits per heavy atom. The van der Waals surface area contributed by atoms with Crippen LogP contribution in [0.3, 0.4) is 0 Å². The molecule has 0 radical (unpaired) electrons. The number of hydrogen-bond donors (Lipinski definition) is 3. The Morgan fingerprint density at radius 1 is 0.745 bits per heavy atom. The van der Waals surface area contributed by atoms with Gasteiger partial charge in [0.2, 0.25) is 0 Å². The van der Waals surface area contributed by atoms with Gasteiger partial charge in [-0.25, -0.2) is 4.79 Å². The first-order valence-electron chi connectivity index (χ1n) is 15.9. The van der Waals surface area contributed by atoms with Crippen molar-refractivity contribution in [3.05, 3.63) is 30.3 Å². The lowest BCUT2D eigenvalue weighted by Gasteiger charge is -2.31. The van der Waals surface area contributed by atoms with E-state index >= 15 is 0 Å². The van der Waals surface area contributed by atoms with Crippen LogP contribution in [0.15, 0.2) is 30.3 Å². The summed E-state index contributed by atoms with van der Waals surface area (Å²) in [4.78, 5) is 15.2. The summed E-state index contributed by atoms with van der Waals surface area (Å²) in [6.45, 7) is 7.96. The monoisotopic (exact) mass is 727 g/mol. The topological polar surface area (TPSA) is 157 Å². The van der Waals surface area contributed by atoms with E-state index in [1.165, 1.54) is 60.5 Å². The van der Waals surface area contributed by atoms with Crippen molar-refractivity contribution in [3.8, 4) is 0 Å². The van der Waals surface area contributed by atoms with Crippen LogP contribution in [0.5, 0.6) is 0 Å². The van der Waals surface area contributed by atoms with Gasteiger partial charge in [-0.05, 0) is 45.7 Å². The van der Waals surface area contributed by atoms with Crippen molar-refractivity contribution in [3.63, 3.8) is 0 Å². The lowest BCUT2D eigenvalue weighted by molar-refractivity contribution is -0.110. The molecule has 0 bridgehead atoms. The number of anilines is 1. The number of rotatable bonds is 21. The third-order valence-corrected chi connectivity index (χ3v) is 14.8. The molecule has 15 nitrogen and oxygen atoms in total. The molecule has 0 heterocycles. The number of carboxylic acid groups (broad SMARTS) is 1. The molecule has 1 aromatic carbocycles. The molecule has 0 aromatic heterocycles. The third kappa shape index (κ3) is 18.2. The fraction of sp³-hybridized carbons (Fsp3) is 0.759. The molecule has 0 saturated heterocycles. The minimum absolute atomic E-state index is 0.0562. The molecule has 0 unspecified atom stereocenters. The number of amides is 1. The number of nitrogens with one attached hydrogen (secondary N) is 2. The largest absolute Gasteiger partial charge is 0.530 e. The van der Waals surface area contributed by atoms with Gasteiger partial charge >= 0.3 is 32.5 Å². The second-order valence-corrected chi connectivity index (χ2v) is 18.5. The maximum Gasteiger partial charge on any atom is 0.530 e. The first-order valence-corrected chi connectivity index (χ1v) is 21.7. The van der Waals surface area contributed by atoms with Crippen LogP contribution in [0.4, 0.5) is 10.5 Å². The Hall–Kier alpha value is -1.50. The van der Waals surface area contributed by atoms with Crippen molar-refractivity contribution in [1.82, 2.24) is 10.4 Å². The standard InChI is InChI=1S/C13H29NO3Si.C10H17NO3Si.C6H15NO6Si/c1-4-15-18(16-5-2,17-6-3)12-14-13-10-8-7-9-11-13;1-12-15(13-2,14-3)9-11-10-7-5-4-6-8-10;1-7(6(8)9)13-5-14(10-2,11-3)12-4/h13-14H,4-12H2,1-3H3;4-8,11H,9H2,1-3H3;5H2,1-4H3,(H,8,9). The molecule has 1 aromatic rings. The number of hydrogen-bond acceptors (Lipinski definition) is 13. The average Bonchev–Trinajstić information content (AvgIpc) is 3.11. The highest BCUT2D eigenvalue weighted by atomic mass is 28.4. The van der Waals surface area contributed by atoms with Crippen molar-refractivity contribution < 1.29 is 54.6 Å². The molecule has 18 heteroatoms. The fourth-order valence-corrected chi connectivity index (χ4v) is 9.38. The van der Waals surface area contributed by atoms with Crippen molar-refractivity contribution in [2.45, 2.75) is 58.9 Å². The summed E-state index contributed by atoms with van der Waals surface area (Å²) < 4.78 is 48.4. The molecule has 1 amide bonds. The summed E-state index contributed by atoms with van der Waals surface area (Å²) in [5, 5.41) is 16.0. The van der Waals surface area contributed by atoms with E-state index in [9.17, 15) is 4.79 Å². The summed E-state index contributed by atoms with van der Waals surface area (Å²) >= 11 is 0. The summed E-state index contributed by atoms with van der Waals surface area (Å²) in [6, 6.07) is 10.5. The quantitative estimate of drug-likeness (QED) is 0.124. The Labute approximate surface area is 285 Å². The van der Waals surface area contributed by atoms with Crippen LogP contribution in [-0.2, 0) is 44.7 Å². The van der Waals surface area contributed by atoms with Crippen LogP contribution in [0.2, 0.25) is 0 Å². The minimum atomic E-state index is -2.85. The summed E-state index contributed by atoms with van der Waals surface area (Å²) in [6.07, 6.45) is 6.64. The SMILES string of the molecule is CCO[Si](CNC1CCCCC1)(OCC)OCC.CO[Si](CNc1ccccc1)(OC)OC.CO[Si](CON(C)C(=O)O)(OC)OC. The first kappa shape index (κ1) is 45.5. The molecule has 3 N–H and O–H groups in total. The van der Waals surface area contributed by atoms with E-state index in [0.29, 0.717) is 37.1 Å². The van der Waals surface area contributed by atoms with Crippen LogP contribution >= 0.6 is 0 Å². The fourth-order valence-electron chi connectivity index (χ4n) is 4.40. The van der Waals surface area contributed by atoms with Crippen LogP contribution in [-0.4, -0.2) is 137 Å². The number of para-hydroxylation sites is 1. The molecule has 0 aliphatic heterocycles. The van der Waals surface area contributed by atoms with E-state index in [1.54, 1.807) is 21.3 Å². The minimum Gasteiger partial charge on any atom is -0.463 e. The summed E-state index contributed by atoms with van der Waals surface area (Å²) in [5.74, 6) is 0. The zero-order chi connectivity index (χ0) is 35.6. The predicted molar refractivity (Wildman–Crippen MR) is 186 cm³/mol. The van der Waals surface area contributed by atoms with Gasteiger partial charge in [0, 0.05) is 81.3 Å². The maximum absolute atomic E-state index is 10.4. The van der Waals surface area contributed by atoms with Crippen molar-refractivity contribution >= 4 is 38.2 Å². The smallest absolute Gasteiger partial charge is 0.463 e. The van der Waals surface area contributed by atoms with Crippen LogP contribution < -0.4 is 10.6 Å². The van der Waals surface area contributed by atoms with E-state index in [0.717, 1.165) is 11.9 Å². The van der Waals surface area contributed by atoms with Gasteiger partial charge in [0.05, 0.1) is 12.3 Å². The van der Waals surface area contributed by atoms with E-state index in [2.05, 4.69) is 10.6 Å². The molecule has 1 fully saturated rings.